The molecule has 8 heteroatoms. The fourth-order valence-corrected chi connectivity index (χ4v) is 6.95. The highest BCUT2D eigenvalue weighted by atomic mass is 16.6. The van der Waals surface area contributed by atoms with E-state index < -0.39 is 18.1 Å². The van der Waals surface area contributed by atoms with Gasteiger partial charge in [-0.3, -0.25) is 9.59 Å². The van der Waals surface area contributed by atoms with Crippen molar-refractivity contribution in [3.05, 3.63) is 106 Å². The summed E-state index contributed by atoms with van der Waals surface area (Å²) in [6, 6.07) is 23.1. The third-order valence-corrected chi connectivity index (χ3v) is 9.43. The molecule has 2 aliphatic rings. The monoisotopic (exact) mass is 678 g/mol. The Morgan fingerprint density at radius 1 is 0.840 bits per heavy atom. The largest absolute Gasteiger partial charge is 0.459 e. The van der Waals surface area contributed by atoms with Gasteiger partial charge >= 0.3 is 12.1 Å². The van der Waals surface area contributed by atoms with Gasteiger partial charge in [0.2, 0.25) is 0 Å². The SMILES string of the molecule is Cc1ccc(COC(=O)C(CCCCNC(CC(C)C)=C2C(=O)CC(C)(C)CC2=O)NC(=O)OCC2c3ccccc3-c3ccccc32)cc1. The van der Waals surface area contributed by atoms with E-state index in [-0.39, 0.29) is 42.0 Å². The molecule has 1 fully saturated rings. The average Bonchev–Trinajstić information content (AvgIpc) is 3.38. The Kier molecular flexibility index (Phi) is 11.9. The first kappa shape index (κ1) is 36.6. The second kappa shape index (κ2) is 16.3. The molecule has 0 heterocycles. The summed E-state index contributed by atoms with van der Waals surface area (Å²) < 4.78 is 11.4. The number of carbonyl (C=O) groups excluding carboxylic acids is 4. The third-order valence-electron chi connectivity index (χ3n) is 9.43. The summed E-state index contributed by atoms with van der Waals surface area (Å²) in [4.78, 5) is 52.6. The van der Waals surface area contributed by atoms with Crippen molar-refractivity contribution in [2.45, 2.75) is 91.7 Å². The van der Waals surface area contributed by atoms with E-state index >= 15 is 0 Å². The number of amides is 1. The summed E-state index contributed by atoms with van der Waals surface area (Å²) in [7, 11) is 0. The number of alkyl carbamates (subject to hydrolysis) is 1. The molecule has 1 unspecified atom stereocenters. The minimum absolute atomic E-state index is 0.0918. The number of rotatable bonds is 14. The predicted molar refractivity (Wildman–Crippen MR) is 194 cm³/mol. The minimum atomic E-state index is -0.909. The second-order valence-electron chi connectivity index (χ2n) is 14.9. The fourth-order valence-electron chi connectivity index (χ4n) is 6.95. The van der Waals surface area contributed by atoms with Gasteiger partial charge < -0.3 is 20.1 Å². The Morgan fingerprint density at radius 3 is 2.04 bits per heavy atom. The van der Waals surface area contributed by atoms with Crippen LogP contribution in [0.15, 0.2) is 84.1 Å². The lowest BCUT2D eigenvalue weighted by molar-refractivity contribution is -0.147. The van der Waals surface area contributed by atoms with Crippen molar-refractivity contribution < 1.29 is 28.7 Å². The number of ether oxygens (including phenoxy) is 2. The molecule has 0 aliphatic heterocycles. The van der Waals surface area contributed by atoms with Crippen molar-refractivity contribution in [3.8, 4) is 11.1 Å². The summed E-state index contributed by atoms with van der Waals surface area (Å²) in [5, 5.41) is 6.16. The number of benzene rings is 3. The van der Waals surface area contributed by atoms with E-state index in [0.717, 1.165) is 33.4 Å². The first-order valence-corrected chi connectivity index (χ1v) is 17.8. The van der Waals surface area contributed by atoms with Gasteiger partial charge in [0.25, 0.3) is 0 Å². The Morgan fingerprint density at radius 2 is 1.44 bits per heavy atom. The van der Waals surface area contributed by atoms with Gasteiger partial charge in [-0.05, 0) is 71.8 Å². The molecule has 0 saturated heterocycles. The van der Waals surface area contributed by atoms with E-state index in [4.69, 9.17) is 9.47 Å². The van der Waals surface area contributed by atoms with Crippen molar-refractivity contribution in [1.82, 2.24) is 10.6 Å². The van der Waals surface area contributed by atoms with Crippen LogP contribution in [0.3, 0.4) is 0 Å². The molecule has 0 radical (unpaired) electrons. The zero-order chi connectivity index (χ0) is 35.8. The quantitative estimate of drug-likeness (QED) is 0.0770. The molecule has 0 bridgehead atoms. The molecule has 1 atom stereocenters. The number of Topliss-reactive ketones (excluding diaryl/α,β-unsaturated/α-hetero) is 2. The Hall–Kier alpha value is -4.72. The summed E-state index contributed by atoms with van der Waals surface area (Å²) >= 11 is 0. The first-order valence-electron chi connectivity index (χ1n) is 17.8. The van der Waals surface area contributed by atoms with Crippen molar-refractivity contribution in [2.75, 3.05) is 13.2 Å². The highest BCUT2D eigenvalue weighted by Gasteiger charge is 2.37. The first-order chi connectivity index (χ1) is 23.9. The highest BCUT2D eigenvalue weighted by Crippen LogP contribution is 2.44. The van der Waals surface area contributed by atoms with Crippen LogP contribution in [0, 0.1) is 18.3 Å². The molecule has 3 aromatic carbocycles. The van der Waals surface area contributed by atoms with Crippen molar-refractivity contribution >= 4 is 23.6 Å². The number of nitrogens with one attached hydrogen (secondary N) is 2. The number of ketones is 2. The van der Waals surface area contributed by atoms with Crippen LogP contribution in [-0.4, -0.2) is 42.8 Å². The number of esters is 1. The maximum absolute atomic E-state index is 13.3. The van der Waals surface area contributed by atoms with Crippen LogP contribution in [0.4, 0.5) is 4.79 Å². The van der Waals surface area contributed by atoms with E-state index in [0.29, 0.717) is 56.3 Å². The standard InChI is InChI=1S/C42H50N2O6/c1-27(2)22-36(39-37(45)23-42(4,5)24-38(39)46)43-21-11-10-16-35(40(47)49-25-29-19-17-28(3)18-20-29)44-41(48)50-26-34-32-14-8-6-12-30(32)31-13-7-9-15-33(31)34/h6-9,12-15,17-20,27,34-35,43H,10-11,16,21-26H2,1-5H3,(H,44,48). The van der Waals surface area contributed by atoms with Crippen LogP contribution >= 0.6 is 0 Å². The Balaban J connectivity index is 1.21. The number of fused-ring (bicyclic) bond motifs is 3. The number of allylic oxidation sites excluding steroid dienone is 2. The molecule has 0 aromatic heterocycles. The van der Waals surface area contributed by atoms with E-state index in [1.165, 1.54) is 0 Å². The minimum Gasteiger partial charge on any atom is -0.459 e. The van der Waals surface area contributed by atoms with Gasteiger partial charge in [-0.1, -0.05) is 106 Å². The van der Waals surface area contributed by atoms with E-state index in [9.17, 15) is 19.2 Å². The molecular formula is C42H50N2O6. The van der Waals surface area contributed by atoms with E-state index in [2.05, 4.69) is 48.7 Å². The Bertz CT molecular complexity index is 1670. The van der Waals surface area contributed by atoms with Gasteiger partial charge in [-0.15, -0.1) is 0 Å². The second-order valence-corrected chi connectivity index (χ2v) is 14.9. The summed E-state index contributed by atoms with van der Waals surface area (Å²) in [6.45, 7) is 10.8. The van der Waals surface area contributed by atoms with Gasteiger partial charge in [0.15, 0.2) is 11.6 Å². The highest BCUT2D eigenvalue weighted by molar-refractivity contribution is 6.22. The van der Waals surface area contributed by atoms with Gasteiger partial charge in [-0.25, -0.2) is 9.59 Å². The molecule has 0 spiro atoms. The molecule has 3 aromatic rings. The van der Waals surface area contributed by atoms with Gasteiger partial charge in [0, 0.05) is 31.0 Å². The molecule has 50 heavy (non-hydrogen) atoms. The molecule has 5 rings (SSSR count). The molecule has 1 saturated carbocycles. The fraction of sp³-hybridized carbons (Fsp3) is 0.429. The van der Waals surface area contributed by atoms with Crippen molar-refractivity contribution in [3.63, 3.8) is 0 Å². The number of hydrogen-bond acceptors (Lipinski definition) is 7. The van der Waals surface area contributed by atoms with Crippen LogP contribution in [0.5, 0.6) is 0 Å². The smallest absolute Gasteiger partial charge is 0.407 e. The van der Waals surface area contributed by atoms with E-state index in [1.807, 2.05) is 69.3 Å². The maximum atomic E-state index is 13.3. The third kappa shape index (κ3) is 9.29. The van der Waals surface area contributed by atoms with Crippen LogP contribution < -0.4 is 10.6 Å². The maximum Gasteiger partial charge on any atom is 0.407 e. The lowest BCUT2D eigenvalue weighted by atomic mass is 9.73. The van der Waals surface area contributed by atoms with Gasteiger partial charge in [-0.2, -0.15) is 0 Å². The normalized spacial score (nSPS) is 15.7. The lowest BCUT2D eigenvalue weighted by Crippen LogP contribution is -2.42. The van der Waals surface area contributed by atoms with Crippen molar-refractivity contribution in [2.24, 2.45) is 11.3 Å². The zero-order valence-electron chi connectivity index (χ0n) is 30.0. The van der Waals surface area contributed by atoms with Gasteiger partial charge in [0.1, 0.15) is 19.3 Å². The van der Waals surface area contributed by atoms with E-state index in [1.54, 1.807) is 0 Å². The average molecular weight is 679 g/mol. The predicted octanol–water partition coefficient (Wildman–Crippen LogP) is 7.96. The van der Waals surface area contributed by atoms with Gasteiger partial charge in [0.05, 0.1) is 5.57 Å². The summed E-state index contributed by atoms with van der Waals surface area (Å²) in [6.07, 6.45) is 2.20. The zero-order valence-corrected chi connectivity index (χ0v) is 30.0. The van der Waals surface area contributed by atoms with Crippen LogP contribution in [0.25, 0.3) is 11.1 Å². The molecule has 8 nitrogen and oxygen atoms in total. The molecule has 2 N–H and O–H groups in total. The number of carbonyl (C=O) groups is 4. The summed E-state index contributed by atoms with van der Waals surface area (Å²) in [5.74, 6) is -0.573. The summed E-state index contributed by atoms with van der Waals surface area (Å²) in [5.41, 5.74) is 7.14. The number of unbranched alkanes of at least 4 members (excludes halogenated alkanes) is 1. The number of aryl methyl sites for hydroxylation is 1. The van der Waals surface area contributed by atoms with Crippen LogP contribution in [-0.2, 0) is 30.5 Å². The van der Waals surface area contributed by atoms with Crippen LogP contribution in [0.2, 0.25) is 0 Å². The molecular weight excluding hydrogens is 628 g/mol. The Labute approximate surface area is 296 Å². The topological polar surface area (TPSA) is 111 Å². The molecule has 1 amide bonds. The lowest BCUT2D eigenvalue weighted by Gasteiger charge is -2.30. The number of hydrogen-bond donors (Lipinski definition) is 2. The van der Waals surface area contributed by atoms with Crippen LogP contribution in [0.1, 0.15) is 94.4 Å². The molecule has 264 valence electrons. The van der Waals surface area contributed by atoms with Crippen molar-refractivity contribution in [1.29, 1.82) is 0 Å². The molecule has 2 aliphatic carbocycles.